The van der Waals surface area contributed by atoms with Crippen LogP contribution in [0.1, 0.15) is 25.3 Å². The van der Waals surface area contributed by atoms with Gasteiger partial charge in [-0.2, -0.15) is 0 Å². The molecule has 2 saturated heterocycles. The van der Waals surface area contributed by atoms with Crippen molar-refractivity contribution in [1.29, 1.82) is 0 Å². The van der Waals surface area contributed by atoms with E-state index in [-0.39, 0.29) is 16.0 Å². The number of hydrogen-bond acceptors (Lipinski definition) is 4. The van der Waals surface area contributed by atoms with Crippen LogP contribution in [0.5, 0.6) is 0 Å². The Labute approximate surface area is 159 Å². The molecule has 0 aliphatic carbocycles. The van der Waals surface area contributed by atoms with Crippen molar-refractivity contribution in [2.75, 3.05) is 26.7 Å². The summed E-state index contributed by atoms with van der Waals surface area (Å²) in [4.78, 5) is 20.7. The van der Waals surface area contributed by atoms with Crippen molar-refractivity contribution < 1.29 is 4.79 Å². The molecule has 3 N–H and O–H groups in total. The quantitative estimate of drug-likeness (QED) is 0.868. The van der Waals surface area contributed by atoms with Crippen LogP contribution in [0.2, 0.25) is 0 Å². The number of benzene rings is 1. The van der Waals surface area contributed by atoms with Crippen molar-refractivity contribution in [2.24, 2.45) is 5.73 Å². The SMILES string of the molecule is CC1SC2(CCN(C)CC2)CN1C(=O)[C@@H](N)Cc1c[nH]c2ccccc12. The first-order valence-corrected chi connectivity index (χ1v) is 10.3. The smallest absolute Gasteiger partial charge is 0.240 e. The van der Waals surface area contributed by atoms with Crippen molar-refractivity contribution >= 4 is 28.6 Å². The van der Waals surface area contributed by atoms with Crippen LogP contribution in [0.25, 0.3) is 10.9 Å². The minimum absolute atomic E-state index is 0.0890. The zero-order valence-corrected chi connectivity index (χ0v) is 16.4. The second-order valence-corrected chi connectivity index (χ2v) is 9.62. The van der Waals surface area contributed by atoms with Crippen LogP contribution in [-0.4, -0.2) is 63.5 Å². The molecule has 1 aromatic carbocycles. The molecule has 5 nitrogen and oxygen atoms in total. The number of hydrogen-bond donors (Lipinski definition) is 2. The molecule has 0 bridgehead atoms. The van der Waals surface area contributed by atoms with Gasteiger partial charge >= 0.3 is 0 Å². The molecule has 4 rings (SSSR count). The molecule has 2 aliphatic rings. The first-order valence-electron chi connectivity index (χ1n) is 9.45. The molecule has 2 aromatic rings. The minimum Gasteiger partial charge on any atom is -0.361 e. The highest BCUT2D eigenvalue weighted by atomic mass is 32.2. The molecule has 0 radical (unpaired) electrons. The van der Waals surface area contributed by atoms with Crippen LogP contribution in [0.15, 0.2) is 30.5 Å². The molecule has 26 heavy (non-hydrogen) atoms. The fraction of sp³-hybridized carbons (Fsp3) is 0.550. The van der Waals surface area contributed by atoms with Gasteiger partial charge in [-0.3, -0.25) is 4.79 Å². The Hall–Kier alpha value is -1.50. The van der Waals surface area contributed by atoms with Gasteiger partial charge in [-0.25, -0.2) is 0 Å². The van der Waals surface area contributed by atoms with E-state index >= 15 is 0 Å². The summed E-state index contributed by atoms with van der Waals surface area (Å²) in [5, 5.41) is 1.37. The van der Waals surface area contributed by atoms with E-state index in [0.29, 0.717) is 6.42 Å². The number of aromatic amines is 1. The van der Waals surface area contributed by atoms with Gasteiger partial charge < -0.3 is 20.5 Å². The maximum atomic E-state index is 13.1. The number of amides is 1. The summed E-state index contributed by atoms with van der Waals surface area (Å²) in [5.41, 5.74) is 8.57. The van der Waals surface area contributed by atoms with E-state index in [2.05, 4.69) is 36.0 Å². The van der Waals surface area contributed by atoms with Crippen molar-refractivity contribution in [3.8, 4) is 0 Å². The summed E-state index contributed by atoms with van der Waals surface area (Å²) in [6, 6.07) is 7.68. The number of aromatic nitrogens is 1. The lowest BCUT2D eigenvalue weighted by Gasteiger charge is -2.36. The van der Waals surface area contributed by atoms with Gasteiger partial charge in [-0.1, -0.05) is 18.2 Å². The highest BCUT2D eigenvalue weighted by Crippen LogP contribution is 2.46. The molecule has 1 aromatic heterocycles. The molecule has 2 atom stereocenters. The Balaban J connectivity index is 1.45. The third-order valence-electron chi connectivity index (χ3n) is 5.93. The van der Waals surface area contributed by atoms with Gasteiger partial charge in [0.2, 0.25) is 5.91 Å². The van der Waals surface area contributed by atoms with E-state index in [9.17, 15) is 4.79 Å². The zero-order valence-electron chi connectivity index (χ0n) is 15.6. The van der Waals surface area contributed by atoms with Gasteiger partial charge in [0, 0.05) is 28.4 Å². The predicted molar refractivity (Wildman–Crippen MR) is 108 cm³/mol. The Morgan fingerprint density at radius 2 is 2.12 bits per heavy atom. The van der Waals surface area contributed by atoms with Crippen molar-refractivity contribution in [3.63, 3.8) is 0 Å². The number of carbonyl (C=O) groups is 1. The topological polar surface area (TPSA) is 65.4 Å². The van der Waals surface area contributed by atoms with Crippen LogP contribution in [0, 0.1) is 0 Å². The Morgan fingerprint density at radius 1 is 1.38 bits per heavy atom. The van der Waals surface area contributed by atoms with Crippen LogP contribution in [0.3, 0.4) is 0 Å². The third kappa shape index (κ3) is 3.26. The third-order valence-corrected chi connectivity index (χ3v) is 7.56. The Morgan fingerprint density at radius 3 is 2.88 bits per heavy atom. The van der Waals surface area contributed by atoms with Crippen molar-refractivity contribution in [2.45, 2.75) is 42.3 Å². The number of carbonyl (C=O) groups excluding carboxylic acids is 1. The molecule has 0 saturated carbocycles. The number of piperidine rings is 1. The minimum atomic E-state index is -0.487. The maximum absolute atomic E-state index is 13.1. The Kier molecular flexibility index (Phi) is 4.75. The maximum Gasteiger partial charge on any atom is 0.240 e. The normalized spacial score (nSPS) is 24.4. The summed E-state index contributed by atoms with van der Waals surface area (Å²) in [5.74, 6) is 0.0890. The summed E-state index contributed by atoms with van der Waals surface area (Å²) in [6.45, 7) is 5.22. The van der Waals surface area contributed by atoms with E-state index in [1.54, 1.807) is 0 Å². The zero-order chi connectivity index (χ0) is 18.3. The van der Waals surface area contributed by atoms with Gasteiger partial charge in [0.15, 0.2) is 0 Å². The number of para-hydroxylation sites is 1. The monoisotopic (exact) mass is 372 g/mol. The van der Waals surface area contributed by atoms with E-state index in [1.807, 2.05) is 35.0 Å². The van der Waals surface area contributed by atoms with Gasteiger partial charge in [0.05, 0.1) is 11.4 Å². The second kappa shape index (κ2) is 6.91. The van der Waals surface area contributed by atoms with Crippen LogP contribution >= 0.6 is 11.8 Å². The van der Waals surface area contributed by atoms with Gasteiger partial charge in [-0.15, -0.1) is 11.8 Å². The average Bonchev–Trinajstić information content (AvgIpc) is 3.19. The number of fused-ring (bicyclic) bond motifs is 1. The van der Waals surface area contributed by atoms with E-state index < -0.39 is 6.04 Å². The lowest BCUT2D eigenvalue weighted by atomic mass is 9.95. The molecule has 1 spiro atoms. The molecule has 2 aliphatic heterocycles. The lowest BCUT2D eigenvalue weighted by Crippen LogP contribution is -2.49. The fourth-order valence-corrected chi connectivity index (χ4v) is 5.96. The summed E-state index contributed by atoms with van der Waals surface area (Å²) >= 11 is 1.97. The van der Waals surface area contributed by atoms with Gasteiger partial charge in [0.1, 0.15) is 0 Å². The molecular formula is C20H28N4OS. The Bertz CT molecular complexity index is 796. The predicted octanol–water partition coefficient (Wildman–Crippen LogP) is 2.42. The number of nitrogens with two attached hydrogens (primary N) is 1. The van der Waals surface area contributed by atoms with E-state index in [1.165, 1.54) is 0 Å². The summed E-state index contributed by atoms with van der Waals surface area (Å²) < 4.78 is 0.224. The molecule has 2 fully saturated rings. The number of thioether (sulfide) groups is 1. The number of nitrogens with one attached hydrogen (secondary N) is 1. The lowest BCUT2D eigenvalue weighted by molar-refractivity contribution is -0.133. The van der Waals surface area contributed by atoms with E-state index in [0.717, 1.165) is 48.9 Å². The molecule has 1 amide bonds. The van der Waals surface area contributed by atoms with E-state index in [4.69, 9.17) is 5.73 Å². The van der Waals surface area contributed by atoms with Crippen LogP contribution in [0.4, 0.5) is 0 Å². The van der Waals surface area contributed by atoms with Crippen LogP contribution < -0.4 is 5.73 Å². The number of nitrogens with zero attached hydrogens (tertiary/aromatic N) is 2. The first-order chi connectivity index (χ1) is 12.5. The standard InChI is InChI=1S/C20H28N4OS/c1-14-24(13-20(26-14)7-9-23(2)10-8-20)19(25)17(21)11-15-12-22-18-6-4-3-5-16(15)18/h3-6,12,14,17,22H,7-11,13,21H2,1-2H3/t14?,17-/m0/s1. The molecule has 140 valence electrons. The first kappa shape index (κ1) is 17.9. The van der Waals surface area contributed by atoms with Crippen molar-refractivity contribution in [1.82, 2.24) is 14.8 Å². The number of rotatable bonds is 3. The molecular weight excluding hydrogens is 344 g/mol. The highest BCUT2D eigenvalue weighted by molar-refractivity contribution is 8.01. The molecule has 6 heteroatoms. The van der Waals surface area contributed by atoms with Crippen molar-refractivity contribution in [3.05, 3.63) is 36.0 Å². The fourth-order valence-electron chi connectivity index (χ4n) is 4.30. The average molecular weight is 373 g/mol. The molecule has 3 heterocycles. The van der Waals surface area contributed by atoms with Gasteiger partial charge in [0.25, 0.3) is 0 Å². The molecule has 1 unspecified atom stereocenters. The highest BCUT2D eigenvalue weighted by Gasteiger charge is 2.46. The summed E-state index contributed by atoms with van der Waals surface area (Å²) in [7, 11) is 2.18. The summed E-state index contributed by atoms with van der Waals surface area (Å²) in [6.07, 6.45) is 4.87. The second-order valence-electron chi connectivity index (χ2n) is 7.84. The largest absolute Gasteiger partial charge is 0.361 e. The number of likely N-dealkylation sites (tertiary alicyclic amines) is 1. The van der Waals surface area contributed by atoms with Gasteiger partial charge in [-0.05, 0) is 58.0 Å². The van der Waals surface area contributed by atoms with Crippen LogP contribution in [-0.2, 0) is 11.2 Å². The number of H-pyrrole nitrogens is 1.